The zero-order valence-electron chi connectivity index (χ0n) is 4.97. The molecule has 0 aromatic carbocycles. The van der Waals surface area contributed by atoms with Crippen LogP contribution in [0.25, 0.3) is 0 Å². The predicted molar refractivity (Wildman–Crippen MR) is 37.8 cm³/mol. The molecular formula is C6H6BrNO. The number of halogens is 1. The highest BCUT2D eigenvalue weighted by Crippen LogP contribution is 2.10. The Morgan fingerprint density at radius 1 is 1.67 bits per heavy atom. The van der Waals surface area contributed by atoms with Crippen LogP contribution >= 0.6 is 15.9 Å². The number of hydrogen-bond donors (Lipinski definition) is 0. The molecule has 0 aliphatic heterocycles. The van der Waals surface area contributed by atoms with Gasteiger partial charge in [-0.1, -0.05) is 15.9 Å². The summed E-state index contributed by atoms with van der Waals surface area (Å²) in [4.78, 5) is 0. The minimum Gasteiger partial charge on any atom is -0.619 e. The minimum absolute atomic E-state index is 0.778. The number of aromatic nitrogens is 1. The van der Waals surface area contributed by atoms with Crippen LogP contribution in [0.1, 0.15) is 5.56 Å². The van der Waals surface area contributed by atoms with Crippen LogP contribution in [0, 0.1) is 12.1 Å². The zero-order chi connectivity index (χ0) is 6.85. The normalized spacial score (nSPS) is 9.56. The van der Waals surface area contributed by atoms with Gasteiger partial charge in [0.1, 0.15) is 0 Å². The van der Waals surface area contributed by atoms with Crippen molar-refractivity contribution < 1.29 is 4.73 Å². The molecule has 9 heavy (non-hydrogen) atoms. The first-order valence-electron chi connectivity index (χ1n) is 2.55. The van der Waals surface area contributed by atoms with Crippen molar-refractivity contribution in [3.63, 3.8) is 0 Å². The van der Waals surface area contributed by atoms with Gasteiger partial charge in [-0.2, -0.15) is 4.73 Å². The van der Waals surface area contributed by atoms with E-state index in [9.17, 15) is 5.21 Å². The Kier molecular flexibility index (Phi) is 1.71. The predicted octanol–water partition coefficient (Wildman–Crippen LogP) is 1.39. The molecule has 1 aromatic heterocycles. The van der Waals surface area contributed by atoms with Gasteiger partial charge in [-0.15, -0.1) is 0 Å². The number of hydrogen-bond acceptors (Lipinski definition) is 1. The third kappa shape index (κ3) is 1.42. The Bertz CT molecular complexity index is 224. The van der Waals surface area contributed by atoms with Crippen LogP contribution in [0.5, 0.6) is 0 Å². The van der Waals surface area contributed by atoms with Gasteiger partial charge >= 0.3 is 0 Å². The maximum Gasteiger partial charge on any atom is 0.184 e. The maximum absolute atomic E-state index is 10.5. The van der Waals surface area contributed by atoms with Gasteiger partial charge in [0.2, 0.25) is 0 Å². The smallest absolute Gasteiger partial charge is 0.184 e. The Morgan fingerprint density at radius 3 is 2.78 bits per heavy atom. The first kappa shape index (κ1) is 6.55. The van der Waals surface area contributed by atoms with Crippen molar-refractivity contribution in [1.82, 2.24) is 0 Å². The molecule has 0 bridgehead atoms. The molecule has 0 saturated heterocycles. The average Bonchev–Trinajstić information content (AvgIpc) is 1.80. The molecule has 1 aromatic rings. The maximum atomic E-state index is 10.5. The van der Waals surface area contributed by atoms with Crippen molar-refractivity contribution >= 4 is 15.9 Å². The first-order valence-corrected chi connectivity index (χ1v) is 3.34. The number of rotatable bonds is 0. The van der Waals surface area contributed by atoms with Crippen LogP contribution in [0.2, 0.25) is 0 Å². The van der Waals surface area contributed by atoms with Gasteiger partial charge in [0, 0.05) is 16.1 Å². The lowest BCUT2D eigenvalue weighted by Gasteiger charge is -1.96. The molecule has 0 aliphatic rings. The van der Waals surface area contributed by atoms with Crippen molar-refractivity contribution in [3.05, 3.63) is 33.7 Å². The molecule has 2 nitrogen and oxygen atoms in total. The molecule has 1 heterocycles. The zero-order valence-corrected chi connectivity index (χ0v) is 6.55. The molecule has 0 aliphatic carbocycles. The van der Waals surface area contributed by atoms with Gasteiger partial charge in [0.15, 0.2) is 12.4 Å². The van der Waals surface area contributed by atoms with Crippen molar-refractivity contribution in [2.45, 2.75) is 6.92 Å². The summed E-state index contributed by atoms with van der Waals surface area (Å²) in [5, 5.41) is 10.5. The monoisotopic (exact) mass is 187 g/mol. The van der Waals surface area contributed by atoms with E-state index in [4.69, 9.17) is 0 Å². The highest BCUT2D eigenvalue weighted by atomic mass is 79.9. The van der Waals surface area contributed by atoms with E-state index in [1.54, 1.807) is 6.07 Å². The molecule has 0 atom stereocenters. The summed E-state index contributed by atoms with van der Waals surface area (Å²) in [6.45, 7) is 1.87. The Balaban J connectivity index is 3.17. The fraction of sp³-hybridized carbons (Fsp3) is 0.167. The average molecular weight is 188 g/mol. The molecular weight excluding hydrogens is 182 g/mol. The summed E-state index contributed by atoms with van der Waals surface area (Å²) in [7, 11) is 0. The molecule has 0 N–H and O–H groups in total. The van der Waals surface area contributed by atoms with Gasteiger partial charge in [-0.3, -0.25) is 0 Å². The second kappa shape index (κ2) is 2.35. The van der Waals surface area contributed by atoms with Crippen LogP contribution in [0.4, 0.5) is 0 Å². The molecule has 3 heteroatoms. The third-order valence-electron chi connectivity index (χ3n) is 1.07. The van der Waals surface area contributed by atoms with Crippen LogP contribution < -0.4 is 4.73 Å². The van der Waals surface area contributed by atoms with Crippen molar-refractivity contribution in [2.75, 3.05) is 0 Å². The SMILES string of the molecule is Cc1c[n+]([O-])ccc1Br. The van der Waals surface area contributed by atoms with Gasteiger partial charge < -0.3 is 5.21 Å². The second-order valence-electron chi connectivity index (χ2n) is 1.84. The van der Waals surface area contributed by atoms with E-state index in [0.717, 1.165) is 14.8 Å². The number of aryl methyl sites for hydroxylation is 1. The molecule has 0 amide bonds. The molecule has 48 valence electrons. The molecule has 0 unspecified atom stereocenters. The topological polar surface area (TPSA) is 26.9 Å². The van der Waals surface area contributed by atoms with E-state index in [1.165, 1.54) is 12.4 Å². The number of pyridine rings is 1. The van der Waals surface area contributed by atoms with E-state index in [-0.39, 0.29) is 0 Å². The number of nitrogens with zero attached hydrogens (tertiary/aromatic N) is 1. The third-order valence-corrected chi connectivity index (χ3v) is 1.96. The summed E-state index contributed by atoms with van der Waals surface area (Å²) >= 11 is 3.28. The van der Waals surface area contributed by atoms with Crippen LogP contribution in [0.15, 0.2) is 22.9 Å². The van der Waals surface area contributed by atoms with Gasteiger partial charge in [-0.05, 0) is 6.92 Å². The van der Waals surface area contributed by atoms with Crippen molar-refractivity contribution in [3.8, 4) is 0 Å². The largest absolute Gasteiger partial charge is 0.619 e. The Hall–Kier alpha value is -0.570. The lowest BCUT2D eigenvalue weighted by Crippen LogP contribution is -2.24. The van der Waals surface area contributed by atoms with Gasteiger partial charge in [-0.25, -0.2) is 0 Å². The summed E-state index contributed by atoms with van der Waals surface area (Å²) in [6.07, 6.45) is 2.97. The van der Waals surface area contributed by atoms with Gasteiger partial charge in [0.05, 0.1) is 0 Å². The van der Waals surface area contributed by atoms with E-state index in [0.29, 0.717) is 0 Å². The van der Waals surface area contributed by atoms with E-state index < -0.39 is 0 Å². The quantitative estimate of drug-likeness (QED) is 0.446. The molecule has 1 rings (SSSR count). The fourth-order valence-electron chi connectivity index (χ4n) is 0.566. The standard InChI is InChI=1S/C6H6BrNO/c1-5-4-8(9)3-2-6(5)7/h2-4H,1H3. The Labute approximate surface area is 61.8 Å². The van der Waals surface area contributed by atoms with Crippen molar-refractivity contribution in [2.24, 2.45) is 0 Å². The lowest BCUT2D eigenvalue weighted by molar-refractivity contribution is -0.605. The summed E-state index contributed by atoms with van der Waals surface area (Å²) in [6, 6.07) is 1.72. The Morgan fingerprint density at radius 2 is 2.33 bits per heavy atom. The van der Waals surface area contributed by atoms with Crippen LogP contribution in [0.3, 0.4) is 0 Å². The van der Waals surface area contributed by atoms with E-state index >= 15 is 0 Å². The summed E-state index contributed by atoms with van der Waals surface area (Å²) < 4.78 is 1.75. The molecule has 0 saturated carbocycles. The summed E-state index contributed by atoms with van der Waals surface area (Å²) in [5.41, 5.74) is 0.951. The van der Waals surface area contributed by atoms with E-state index in [1.807, 2.05) is 6.92 Å². The van der Waals surface area contributed by atoms with E-state index in [2.05, 4.69) is 15.9 Å². The first-order chi connectivity index (χ1) is 4.20. The summed E-state index contributed by atoms with van der Waals surface area (Å²) in [5.74, 6) is 0. The molecule has 0 spiro atoms. The highest BCUT2D eigenvalue weighted by molar-refractivity contribution is 9.10. The molecule has 0 fully saturated rings. The molecule has 0 radical (unpaired) electrons. The second-order valence-corrected chi connectivity index (χ2v) is 2.69. The van der Waals surface area contributed by atoms with Gasteiger partial charge in [0.25, 0.3) is 0 Å². The fourth-order valence-corrected chi connectivity index (χ4v) is 0.786. The minimum atomic E-state index is 0.778. The van der Waals surface area contributed by atoms with Crippen molar-refractivity contribution in [1.29, 1.82) is 0 Å². The highest BCUT2D eigenvalue weighted by Gasteiger charge is 1.95. The lowest BCUT2D eigenvalue weighted by atomic mass is 10.3. The van der Waals surface area contributed by atoms with Crippen LogP contribution in [-0.2, 0) is 0 Å². The van der Waals surface area contributed by atoms with Crippen LogP contribution in [-0.4, -0.2) is 0 Å².